The third kappa shape index (κ3) is 5.81. The summed E-state index contributed by atoms with van der Waals surface area (Å²) in [6.07, 6.45) is 1.02. The lowest BCUT2D eigenvalue weighted by Gasteiger charge is -2.12. The number of Topliss-reactive ketones (excluding diaryl/α,β-unsaturated/α-hetero) is 1. The Bertz CT molecular complexity index is 732. The molecule has 0 bridgehead atoms. The predicted molar refractivity (Wildman–Crippen MR) is 98.7 cm³/mol. The monoisotopic (exact) mass is 341 g/mol. The van der Waals surface area contributed by atoms with Crippen LogP contribution >= 0.6 is 12.2 Å². The van der Waals surface area contributed by atoms with Gasteiger partial charge in [-0.25, -0.2) is 0 Å². The maximum atomic E-state index is 11.8. The molecule has 124 valence electrons. The average molecular weight is 341 g/mol. The summed E-state index contributed by atoms with van der Waals surface area (Å²) in [6, 6.07) is 16.8. The van der Waals surface area contributed by atoms with E-state index < -0.39 is 0 Å². The second-order valence-corrected chi connectivity index (χ2v) is 5.66. The fraction of sp³-hybridized carbons (Fsp3) is 0.167. The molecule has 0 fully saturated rings. The minimum Gasteiger partial charge on any atom is -0.331 e. The lowest BCUT2D eigenvalue weighted by molar-refractivity contribution is -0.121. The highest BCUT2D eigenvalue weighted by atomic mass is 32.1. The topological polar surface area (TPSA) is 70.2 Å². The van der Waals surface area contributed by atoms with Gasteiger partial charge in [0, 0.05) is 17.7 Å². The first-order valence-corrected chi connectivity index (χ1v) is 7.96. The molecule has 3 N–H and O–H groups in total. The molecule has 1 amide bonds. The molecular weight excluding hydrogens is 322 g/mol. The van der Waals surface area contributed by atoms with Gasteiger partial charge < -0.3 is 5.32 Å². The molecule has 24 heavy (non-hydrogen) atoms. The van der Waals surface area contributed by atoms with Crippen molar-refractivity contribution < 1.29 is 9.59 Å². The molecule has 0 atom stereocenters. The van der Waals surface area contributed by atoms with Crippen molar-refractivity contribution in [2.75, 3.05) is 5.32 Å². The van der Waals surface area contributed by atoms with Gasteiger partial charge in [0.2, 0.25) is 5.91 Å². The molecule has 5 nitrogen and oxygen atoms in total. The molecule has 0 aromatic heterocycles. The number of aryl methyl sites for hydroxylation is 1. The number of nitrogens with one attached hydrogen (secondary N) is 3. The Kier molecular flexibility index (Phi) is 6.45. The molecule has 0 aliphatic carbocycles. The Morgan fingerprint density at radius 1 is 1.00 bits per heavy atom. The highest BCUT2D eigenvalue weighted by molar-refractivity contribution is 7.80. The van der Waals surface area contributed by atoms with Crippen LogP contribution in [-0.4, -0.2) is 16.8 Å². The van der Waals surface area contributed by atoms with Crippen LogP contribution in [0.3, 0.4) is 0 Å². The van der Waals surface area contributed by atoms with Crippen LogP contribution in [-0.2, 0) is 11.2 Å². The summed E-state index contributed by atoms with van der Waals surface area (Å²) in [5.74, 6) is -0.174. The highest BCUT2D eigenvalue weighted by Crippen LogP contribution is 2.10. The van der Waals surface area contributed by atoms with E-state index in [1.807, 2.05) is 30.3 Å². The van der Waals surface area contributed by atoms with Gasteiger partial charge in [-0.2, -0.15) is 0 Å². The zero-order chi connectivity index (χ0) is 17.4. The summed E-state index contributed by atoms with van der Waals surface area (Å²) in [4.78, 5) is 23.2. The smallest absolute Gasteiger partial charge is 0.238 e. The van der Waals surface area contributed by atoms with Crippen LogP contribution in [0, 0.1) is 0 Å². The Hall–Kier alpha value is -2.73. The fourth-order valence-electron chi connectivity index (χ4n) is 2.07. The van der Waals surface area contributed by atoms with E-state index in [1.165, 1.54) is 6.92 Å². The molecule has 0 saturated carbocycles. The van der Waals surface area contributed by atoms with Crippen molar-refractivity contribution in [2.24, 2.45) is 0 Å². The fourth-order valence-corrected chi connectivity index (χ4v) is 2.24. The quantitative estimate of drug-likeness (QED) is 0.443. The predicted octanol–water partition coefficient (Wildman–Crippen LogP) is 2.84. The van der Waals surface area contributed by atoms with E-state index in [9.17, 15) is 9.59 Å². The van der Waals surface area contributed by atoms with Crippen molar-refractivity contribution in [3.8, 4) is 0 Å². The Morgan fingerprint density at radius 3 is 2.46 bits per heavy atom. The first-order valence-electron chi connectivity index (χ1n) is 7.55. The molecule has 0 aliphatic rings. The number of hydrogen-bond acceptors (Lipinski definition) is 3. The highest BCUT2D eigenvalue weighted by Gasteiger charge is 2.04. The van der Waals surface area contributed by atoms with E-state index in [0.717, 1.165) is 5.56 Å². The van der Waals surface area contributed by atoms with Gasteiger partial charge in [-0.05, 0) is 43.3 Å². The number of carbonyl (C=O) groups is 2. The lowest BCUT2D eigenvalue weighted by Crippen LogP contribution is -2.43. The number of amides is 1. The van der Waals surface area contributed by atoms with Gasteiger partial charge >= 0.3 is 0 Å². The number of anilines is 1. The van der Waals surface area contributed by atoms with Crippen molar-refractivity contribution in [3.63, 3.8) is 0 Å². The van der Waals surface area contributed by atoms with Crippen LogP contribution in [0.2, 0.25) is 0 Å². The van der Waals surface area contributed by atoms with Crippen molar-refractivity contribution in [1.82, 2.24) is 10.9 Å². The van der Waals surface area contributed by atoms with Crippen molar-refractivity contribution >= 4 is 34.7 Å². The number of rotatable bonds is 5. The number of thiocarbonyl (C=S) groups is 1. The Balaban J connectivity index is 1.75. The molecule has 0 heterocycles. The molecule has 2 aromatic rings. The van der Waals surface area contributed by atoms with Crippen LogP contribution < -0.4 is 16.2 Å². The standard InChI is InChI=1S/C18H19N3O2S/c1-13(22)15-8-5-9-16(12-15)19-18(24)21-20-17(23)11-10-14-6-3-2-4-7-14/h2-9,12H,10-11H2,1H3,(H,20,23)(H2,19,21,24). The molecule has 6 heteroatoms. The molecular formula is C18H19N3O2S. The number of hydrazine groups is 1. The van der Waals surface area contributed by atoms with Crippen molar-refractivity contribution in [3.05, 3.63) is 65.7 Å². The minimum atomic E-state index is -0.152. The zero-order valence-electron chi connectivity index (χ0n) is 13.3. The summed E-state index contributed by atoms with van der Waals surface area (Å²) in [5, 5.41) is 3.17. The number of benzene rings is 2. The zero-order valence-corrected chi connectivity index (χ0v) is 14.2. The van der Waals surface area contributed by atoms with Gasteiger partial charge in [-0.1, -0.05) is 42.5 Å². The molecule has 0 unspecified atom stereocenters. The lowest BCUT2D eigenvalue weighted by atomic mass is 10.1. The van der Waals surface area contributed by atoms with Gasteiger partial charge in [0.15, 0.2) is 10.9 Å². The Labute approximate surface area is 146 Å². The summed E-state index contributed by atoms with van der Waals surface area (Å²) in [6.45, 7) is 1.50. The van der Waals surface area contributed by atoms with Crippen LogP contribution in [0.1, 0.15) is 29.3 Å². The van der Waals surface area contributed by atoms with E-state index in [1.54, 1.807) is 24.3 Å². The van der Waals surface area contributed by atoms with Crippen molar-refractivity contribution in [1.29, 1.82) is 0 Å². The number of carbonyl (C=O) groups excluding carboxylic acids is 2. The van der Waals surface area contributed by atoms with E-state index in [0.29, 0.717) is 24.1 Å². The minimum absolute atomic E-state index is 0.0215. The second kappa shape index (κ2) is 8.79. The number of hydrogen-bond donors (Lipinski definition) is 3. The number of ketones is 1. The normalized spacial score (nSPS) is 9.88. The average Bonchev–Trinajstić information content (AvgIpc) is 2.59. The second-order valence-electron chi connectivity index (χ2n) is 5.25. The van der Waals surface area contributed by atoms with Crippen LogP contribution in [0.4, 0.5) is 5.69 Å². The van der Waals surface area contributed by atoms with E-state index >= 15 is 0 Å². The SMILES string of the molecule is CC(=O)c1cccc(NC(=S)NNC(=O)CCc2ccccc2)c1. The summed E-state index contributed by atoms with van der Waals surface area (Å²) >= 11 is 5.12. The first-order chi connectivity index (χ1) is 11.5. The summed E-state index contributed by atoms with van der Waals surface area (Å²) in [7, 11) is 0. The molecule has 0 spiro atoms. The maximum absolute atomic E-state index is 11.8. The maximum Gasteiger partial charge on any atom is 0.238 e. The van der Waals surface area contributed by atoms with E-state index in [4.69, 9.17) is 12.2 Å². The molecule has 0 saturated heterocycles. The Morgan fingerprint density at radius 2 is 1.75 bits per heavy atom. The molecule has 2 rings (SSSR count). The van der Waals surface area contributed by atoms with Gasteiger partial charge in [0.05, 0.1) is 0 Å². The van der Waals surface area contributed by atoms with Gasteiger partial charge in [-0.15, -0.1) is 0 Å². The van der Waals surface area contributed by atoms with Gasteiger partial charge in [-0.3, -0.25) is 20.4 Å². The van der Waals surface area contributed by atoms with Crippen LogP contribution in [0.5, 0.6) is 0 Å². The summed E-state index contributed by atoms with van der Waals surface area (Å²) in [5.41, 5.74) is 7.58. The first kappa shape index (κ1) is 17.6. The largest absolute Gasteiger partial charge is 0.331 e. The van der Waals surface area contributed by atoms with Crippen LogP contribution in [0.15, 0.2) is 54.6 Å². The molecule has 0 aliphatic heterocycles. The molecule has 2 aromatic carbocycles. The van der Waals surface area contributed by atoms with E-state index in [-0.39, 0.29) is 16.8 Å². The molecule has 0 radical (unpaired) electrons. The summed E-state index contributed by atoms with van der Waals surface area (Å²) < 4.78 is 0. The third-order valence-corrected chi connectivity index (χ3v) is 3.53. The van der Waals surface area contributed by atoms with Crippen molar-refractivity contribution in [2.45, 2.75) is 19.8 Å². The van der Waals surface area contributed by atoms with Gasteiger partial charge in [0.25, 0.3) is 0 Å². The third-order valence-electron chi connectivity index (χ3n) is 3.33. The van der Waals surface area contributed by atoms with Gasteiger partial charge in [0.1, 0.15) is 0 Å². The van der Waals surface area contributed by atoms with E-state index in [2.05, 4.69) is 16.2 Å². The van der Waals surface area contributed by atoms with Crippen LogP contribution in [0.25, 0.3) is 0 Å².